The molecule has 13 heteroatoms. The van der Waals surface area contributed by atoms with Crippen molar-refractivity contribution in [2.45, 2.75) is 83.2 Å². The molecule has 214 valence electrons. The lowest BCUT2D eigenvalue weighted by atomic mass is 9.92. The summed E-state index contributed by atoms with van der Waals surface area (Å²) in [6, 6.07) is -2.44. The minimum atomic E-state index is -0.983. The lowest BCUT2D eigenvalue weighted by molar-refractivity contribution is -0.158. The van der Waals surface area contributed by atoms with Crippen LogP contribution >= 0.6 is 33.3 Å². The van der Waals surface area contributed by atoms with Gasteiger partial charge in [0.1, 0.15) is 24.3 Å². The lowest BCUT2D eigenvalue weighted by Gasteiger charge is -2.33. The minimum absolute atomic E-state index is 0.155. The van der Waals surface area contributed by atoms with Gasteiger partial charge in [0.15, 0.2) is 0 Å². The molecule has 0 radical (unpaired) electrons. The molecule has 3 N–H and O–H groups in total. The van der Waals surface area contributed by atoms with Crippen molar-refractivity contribution in [3.05, 3.63) is 12.2 Å². The first-order chi connectivity index (χ1) is 18.1. The number of amides is 3. The Kier molecular flexibility index (Phi) is 14.4. The molecule has 2 aliphatic heterocycles. The van der Waals surface area contributed by atoms with E-state index in [1.807, 2.05) is 26.2 Å². The number of ether oxygens (including phenoxy) is 2. The van der Waals surface area contributed by atoms with E-state index in [2.05, 4.69) is 16.0 Å². The van der Waals surface area contributed by atoms with Crippen LogP contribution in [0.5, 0.6) is 0 Å². The van der Waals surface area contributed by atoms with Crippen LogP contribution in [0.25, 0.3) is 0 Å². The molecule has 1 fully saturated rings. The van der Waals surface area contributed by atoms with Crippen LogP contribution in [0.3, 0.4) is 0 Å². The van der Waals surface area contributed by atoms with Gasteiger partial charge in [-0.1, -0.05) is 47.9 Å². The third kappa shape index (κ3) is 11.1. The third-order valence-corrected chi connectivity index (χ3v) is 9.34. The molecule has 1 unspecified atom stereocenters. The first-order valence-corrected chi connectivity index (χ1v) is 16.7. The van der Waals surface area contributed by atoms with Crippen LogP contribution in [0.2, 0.25) is 0 Å². The molecule has 10 nitrogen and oxygen atoms in total. The summed E-state index contributed by atoms with van der Waals surface area (Å²) in [6.07, 6.45) is 4.82. The molecule has 6 atom stereocenters. The first-order valence-electron chi connectivity index (χ1n) is 12.8. The summed E-state index contributed by atoms with van der Waals surface area (Å²) in [4.78, 5) is 64.7. The van der Waals surface area contributed by atoms with Gasteiger partial charge in [0.2, 0.25) is 17.7 Å². The molecule has 2 rings (SSSR count). The van der Waals surface area contributed by atoms with Gasteiger partial charge in [-0.2, -0.15) is 11.8 Å². The molecule has 0 aromatic carbocycles. The number of esters is 2. The van der Waals surface area contributed by atoms with Gasteiger partial charge >= 0.3 is 11.9 Å². The number of rotatable bonds is 6. The largest absolute Gasteiger partial charge is 0.460 e. The van der Waals surface area contributed by atoms with Crippen molar-refractivity contribution in [3.8, 4) is 0 Å². The maximum Gasteiger partial charge on any atom is 0.310 e. The zero-order chi connectivity index (χ0) is 28.1. The second-order valence-corrected chi connectivity index (χ2v) is 12.9. The van der Waals surface area contributed by atoms with E-state index < -0.39 is 60.0 Å². The van der Waals surface area contributed by atoms with E-state index >= 15 is 0 Å². The van der Waals surface area contributed by atoms with Crippen molar-refractivity contribution in [3.63, 3.8) is 0 Å². The van der Waals surface area contributed by atoms with Crippen LogP contribution in [0.15, 0.2) is 12.2 Å². The summed E-state index contributed by atoms with van der Waals surface area (Å²) in [6.45, 7) is 5.06. The summed E-state index contributed by atoms with van der Waals surface area (Å²) in [5, 5.41) is 8.53. The number of fused-ring (bicyclic) bond motifs is 7. The highest BCUT2D eigenvalue weighted by molar-refractivity contribution is 8.76. The zero-order valence-corrected chi connectivity index (χ0v) is 24.8. The number of thioether (sulfide) groups is 1. The van der Waals surface area contributed by atoms with Gasteiger partial charge in [-0.3, -0.25) is 24.0 Å². The topological polar surface area (TPSA) is 140 Å². The molecule has 2 aliphatic rings. The fraction of sp³-hybridized carbons (Fsp3) is 0.720. The predicted octanol–water partition coefficient (Wildman–Crippen LogP) is 2.22. The third-order valence-electron chi connectivity index (χ3n) is 6.25. The summed E-state index contributed by atoms with van der Waals surface area (Å²) >= 11 is 1.54. The fourth-order valence-electron chi connectivity index (χ4n) is 4.04. The molecule has 0 spiro atoms. The van der Waals surface area contributed by atoms with Gasteiger partial charge in [-0.25, -0.2) is 0 Å². The van der Waals surface area contributed by atoms with E-state index in [0.717, 1.165) is 5.75 Å². The Hall–Kier alpha value is -1.86. The molecule has 3 amide bonds. The molecular weight excluding hydrogens is 550 g/mol. The van der Waals surface area contributed by atoms with E-state index in [9.17, 15) is 24.0 Å². The van der Waals surface area contributed by atoms with Crippen LogP contribution < -0.4 is 16.0 Å². The predicted molar refractivity (Wildman–Crippen MR) is 152 cm³/mol. The Bertz CT molecular complexity index is 873. The highest BCUT2D eigenvalue weighted by Crippen LogP contribution is 2.25. The normalized spacial score (nSPS) is 29.7. The number of carbonyl (C=O) groups is 5. The van der Waals surface area contributed by atoms with Crippen LogP contribution in [0.4, 0.5) is 0 Å². The maximum absolute atomic E-state index is 13.5. The Morgan fingerprint density at radius 2 is 1.92 bits per heavy atom. The highest BCUT2D eigenvalue weighted by atomic mass is 33.1. The number of carbonyl (C=O) groups excluding carboxylic acids is 5. The number of allylic oxidation sites excluding steroid dienone is 1. The van der Waals surface area contributed by atoms with Crippen molar-refractivity contribution in [2.24, 2.45) is 5.92 Å². The van der Waals surface area contributed by atoms with Crippen LogP contribution in [0, 0.1) is 5.92 Å². The SMILES string of the molecule is CCC(C)[C@H]1NC(=O)[C@H]2CSSCC/C=C/[C@H](CC(=O)N[C@H](CCSC)C(=O)N2)OC(=O)C[C@@H]1OC(C)=O. The molecule has 0 aromatic rings. The standard InChI is InChI=1S/C25H39N3O7S3/c1-5-15(2)23-20(34-16(3)29)13-22(31)35-17-8-6-7-10-37-38-14-19(25(33)28-23)27-24(32)18(9-11-36-4)26-21(30)12-17/h6,8,15,17-20,23H,5,7,9-14H2,1-4H3,(H,26,30)(H,27,32)(H,28,33)/b8-6+/t15?,17-,18-,19-,20+,23-/m1/s1. The Morgan fingerprint density at radius 1 is 1.16 bits per heavy atom. The molecule has 38 heavy (non-hydrogen) atoms. The fourth-order valence-corrected chi connectivity index (χ4v) is 6.67. The summed E-state index contributed by atoms with van der Waals surface area (Å²) in [5.41, 5.74) is 0. The van der Waals surface area contributed by atoms with E-state index in [1.165, 1.54) is 29.5 Å². The summed E-state index contributed by atoms with van der Waals surface area (Å²) in [7, 11) is 3.03. The molecule has 0 saturated carbocycles. The quantitative estimate of drug-likeness (QED) is 0.240. The smallest absolute Gasteiger partial charge is 0.310 e. The van der Waals surface area contributed by atoms with Crippen LogP contribution in [-0.2, 0) is 33.4 Å². The lowest BCUT2D eigenvalue weighted by Crippen LogP contribution is -2.58. The van der Waals surface area contributed by atoms with Crippen molar-refractivity contribution < 1.29 is 33.4 Å². The van der Waals surface area contributed by atoms with Gasteiger partial charge in [-0.05, 0) is 36.8 Å². The van der Waals surface area contributed by atoms with Crippen molar-refractivity contribution >= 4 is 63.0 Å². The van der Waals surface area contributed by atoms with Crippen molar-refractivity contribution in [1.82, 2.24) is 16.0 Å². The Morgan fingerprint density at radius 3 is 2.61 bits per heavy atom. The van der Waals surface area contributed by atoms with Crippen LogP contribution in [-0.4, -0.2) is 83.5 Å². The van der Waals surface area contributed by atoms with Gasteiger partial charge in [0, 0.05) is 18.4 Å². The van der Waals surface area contributed by atoms with Gasteiger partial charge in [0.25, 0.3) is 0 Å². The summed E-state index contributed by atoms with van der Waals surface area (Å²) < 4.78 is 11.2. The Labute approximate surface area is 236 Å². The molecule has 1 saturated heterocycles. The molecule has 0 aliphatic carbocycles. The second kappa shape index (κ2) is 17.0. The maximum atomic E-state index is 13.5. The van der Waals surface area contributed by atoms with E-state index in [4.69, 9.17) is 9.47 Å². The summed E-state index contributed by atoms with van der Waals surface area (Å²) in [5.74, 6) is -1.10. The van der Waals surface area contributed by atoms with E-state index in [1.54, 1.807) is 16.9 Å². The first kappa shape index (κ1) is 32.4. The second-order valence-electron chi connectivity index (χ2n) is 9.29. The zero-order valence-electron chi connectivity index (χ0n) is 22.4. The monoisotopic (exact) mass is 589 g/mol. The van der Waals surface area contributed by atoms with E-state index in [-0.39, 0.29) is 18.8 Å². The number of nitrogens with one attached hydrogen (secondary N) is 3. The molecule has 2 heterocycles. The highest BCUT2D eigenvalue weighted by Gasteiger charge is 2.36. The van der Waals surface area contributed by atoms with Gasteiger partial charge in [0.05, 0.1) is 18.9 Å². The van der Waals surface area contributed by atoms with E-state index in [0.29, 0.717) is 30.8 Å². The van der Waals surface area contributed by atoms with Gasteiger partial charge < -0.3 is 25.4 Å². The Balaban J connectivity index is 2.55. The van der Waals surface area contributed by atoms with Crippen molar-refractivity contribution in [2.75, 3.05) is 23.5 Å². The number of hydrogen-bond donors (Lipinski definition) is 3. The average Bonchev–Trinajstić information content (AvgIpc) is 2.86. The molecule has 2 bridgehead atoms. The van der Waals surface area contributed by atoms with Crippen LogP contribution in [0.1, 0.15) is 52.9 Å². The molecular formula is C25H39N3O7S3. The average molecular weight is 590 g/mol. The minimum Gasteiger partial charge on any atom is -0.460 e. The van der Waals surface area contributed by atoms with Gasteiger partial charge in [-0.15, -0.1) is 0 Å². The van der Waals surface area contributed by atoms with Crippen molar-refractivity contribution in [1.29, 1.82) is 0 Å². The number of hydrogen-bond acceptors (Lipinski definition) is 10. The molecule has 0 aromatic heterocycles.